The van der Waals surface area contributed by atoms with E-state index >= 15 is 0 Å². The van der Waals surface area contributed by atoms with Crippen LogP contribution in [0.3, 0.4) is 0 Å². The fourth-order valence-electron chi connectivity index (χ4n) is 4.97. The molecule has 0 radical (unpaired) electrons. The van der Waals surface area contributed by atoms with Crippen LogP contribution in [0.4, 0.5) is 0 Å². The van der Waals surface area contributed by atoms with Gasteiger partial charge in [0.25, 0.3) is 0 Å². The highest BCUT2D eigenvalue weighted by Crippen LogP contribution is 2.33. The molecule has 0 bridgehead atoms. The summed E-state index contributed by atoms with van der Waals surface area (Å²) < 4.78 is 16.7. The third kappa shape index (κ3) is 5.16. The van der Waals surface area contributed by atoms with Crippen LogP contribution in [0.1, 0.15) is 36.7 Å². The highest BCUT2D eigenvalue weighted by atomic mass is 16.5. The predicted octanol–water partition coefficient (Wildman–Crippen LogP) is 4.77. The van der Waals surface area contributed by atoms with Crippen molar-refractivity contribution in [1.29, 1.82) is 0 Å². The average molecular weight is 475 g/mol. The molecule has 7 heteroatoms. The lowest BCUT2D eigenvalue weighted by Gasteiger charge is -2.31. The first-order valence-electron chi connectivity index (χ1n) is 12.1. The van der Waals surface area contributed by atoms with Crippen molar-refractivity contribution in [1.82, 2.24) is 10.3 Å². The van der Waals surface area contributed by atoms with Crippen LogP contribution in [-0.4, -0.2) is 36.3 Å². The van der Waals surface area contributed by atoms with E-state index in [0.717, 1.165) is 46.8 Å². The number of para-hydroxylation sites is 1. The first-order valence-corrected chi connectivity index (χ1v) is 12.1. The van der Waals surface area contributed by atoms with Crippen molar-refractivity contribution in [2.45, 2.75) is 32.0 Å². The van der Waals surface area contributed by atoms with Crippen molar-refractivity contribution in [2.75, 3.05) is 20.2 Å². The molecule has 35 heavy (non-hydrogen) atoms. The number of carbonyl (C=O) groups is 1. The van der Waals surface area contributed by atoms with E-state index in [1.165, 1.54) is 0 Å². The highest BCUT2D eigenvalue weighted by molar-refractivity contribution is 5.83. The van der Waals surface area contributed by atoms with Gasteiger partial charge in [-0.15, -0.1) is 0 Å². The van der Waals surface area contributed by atoms with E-state index < -0.39 is 6.10 Å². The normalized spacial score (nSPS) is 19.0. The summed E-state index contributed by atoms with van der Waals surface area (Å²) in [6, 6.07) is 17.3. The predicted molar refractivity (Wildman–Crippen MR) is 133 cm³/mol. The quantitative estimate of drug-likeness (QED) is 0.355. The molecule has 2 N–H and O–H groups in total. The molecule has 1 saturated heterocycles. The Bertz CT molecular complexity index is 1280. The zero-order chi connectivity index (χ0) is 24.2. The summed E-state index contributed by atoms with van der Waals surface area (Å²) in [5.41, 5.74) is 2.43. The van der Waals surface area contributed by atoms with Gasteiger partial charge < -0.3 is 24.3 Å². The molecule has 3 heterocycles. The zero-order valence-electron chi connectivity index (χ0n) is 19.8. The van der Waals surface area contributed by atoms with Gasteiger partial charge in [-0.05, 0) is 61.6 Å². The number of hydrogen-bond acceptors (Lipinski definition) is 7. The molecular weight excluding hydrogens is 444 g/mol. The van der Waals surface area contributed by atoms with E-state index in [1.54, 1.807) is 13.3 Å². The Morgan fingerprint density at radius 2 is 2.11 bits per heavy atom. The second kappa shape index (κ2) is 10.5. The van der Waals surface area contributed by atoms with Gasteiger partial charge in [-0.2, -0.15) is 0 Å². The Hall–Kier alpha value is -3.42. The Morgan fingerprint density at radius 3 is 2.97 bits per heavy atom. The van der Waals surface area contributed by atoms with E-state index in [1.807, 2.05) is 54.6 Å². The summed E-state index contributed by atoms with van der Waals surface area (Å²) in [7, 11) is 1.60. The number of methoxy groups -OCH3 is 1. The minimum atomic E-state index is -0.658. The minimum absolute atomic E-state index is 0.115. The van der Waals surface area contributed by atoms with Crippen molar-refractivity contribution >= 4 is 27.8 Å². The Labute approximate surface area is 204 Å². The Morgan fingerprint density at radius 1 is 1.23 bits per heavy atom. The molecule has 2 aromatic heterocycles. The van der Waals surface area contributed by atoms with Crippen LogP contribution >= 0.6 is 0 Å². The number of furan rings is 1. The lowest BCUT2D eigenvalue weighted by Crippen LogP contribution is -2.41. The molecule has 1 fully saturated rings. The maximum Gasteiger partial charge on any atom is 0.310 e. The fourth-order valence-corrected chi connectivity index (χ4v) is 4.97. The number of aromatic nitrogens is 1. The van der Waals surface area contributed by atoms with E-state index in [2.05, 4.69) is 10.3 Å². The average Bonchev–Trinajstić information content (AvgIpc) is 3.33. The number of benzene rings is 2. The summed E-state index contributed by atoms with van der Waals surface area (Å²) in [5.74, 6) is 0.945. The molecule has 0 amide bonds. The minimum Gasteiger partial charge on any atom is -0.495 e. The van der Waals surface area contributed by atoms with E-state index in [4.69, 9.17) is 13.9 Å². The van der Waals surface area contributed by atoms with Crippen molar-refractivity contribution in [2.24, 2.45) is 11.8 Å². The molecule has 182 valence electrons. The number of aliphatic hydroxyl groups excluding tert-OH is 1. The van der Waals surface area contributed by atoms with Crippen LogP contribution in [-0.2, 0) is 16.1 Å². The molecule has 3 atom stereocenters. The number of rotatable bonds is 8. The van der Waals surface area contributed by atoms with Gasteiger partial charge in [0.05, 0.1) is 30.8 Å². The number of pyridine rings is 1. The van der Waals surface area contributed by atoms with Gasteiger partial charge in [-0.25, -0.2) is 0 Å². The smallest absolute Gasteiger partial charge is 0.310 e. The van der Waals surface area contributed by atoms with E-state index in [-0.39, 0.29) is 24.4 Å². The van der Waals surface area contributed by atoms with Crippen LogP contribution in [0.25, 0.3) is 21.9 Å². The van der Waals surface area contributed by atoms with Crippen LogP contribution in [0.5, 0.6) is 5.75 Å². The number of esters is 1. The molecule has 7 nitrogen and oxygen atoms in total. The molecule has 1 aliphatic heterocycles. The summed E-state index contributed by atoms with van der Waals surface area (Å²) in [6.45, 7) is 1.54. The number of carbonyl (C=O) groups excluding carboxylic acids is 1. The standard InChI is InChI=1S/C28H30N2O5/c1-33-20-14-23-22(6-4-7-25(23)30-15-20)26(31)10-9-18-11-12-29-16-24(18)28(32)34-17-21-13-19-5-2-3-8-27(19)35-21/h2-8,13-15,18,24,26,29,31H,9-12,16-17H2,1H3/t18-,24+,26?/m1/s1. The topological polar surface area (TPSA) is 93.8 Å². The fraction of sp³-hybridized carbons (Fsp3) is 0.357. The summed E-state index contributed by atoms with van der Waals surface area (Å²) in [5, 5.41) is 16.2. The van der Waals surface area contributed by atoms with Gasteiger partial charge in [0.1, 0.15) is 23.7 Å². The van der Waals surface area contributed by atoms with Gasteiger partial charge >= 0.3 is 5.97 Å². The van der Waals surface area contributed by atoms with Crippen molar-refractivity contribution < 1.29 is 23.8 Å². The van der Waals surface area contributed by atoms with Crippen LogP contribution in [0, 0.1) is 11.8 Å². The third-order valence-electron chi connectivity index (χ3n) is 6.90. The Kier molecular flexibility index (Phi) is 6.97. The molecule has 1 aliphatic rings. The molecule has 0 saturated carbocycles. The second-order valence-corrected chi connectivity index (χ2v) is 9.10. The lowest BCUT2D eigenvalue weighted by molar-refractivity contribution is -0.153. The largest absolute Gasteiger partial charge is 0.495 e. The molecule has 0 aliphatic carbocycles. The summed E-state index contributed by atoms with van der Waals surface area (Å²) in [6.07, 6.45) is 3.15. The zero-order valence-corrected chi connectivity index (χ0v) is 19.8. The Balaban J connectivity index is 1.22. The van der Waals surface area contributed by atoms with E-state index in [9.17, 15) is 9.90 Å². The van der Waals surface area contributed by atoms with Crippen LogP contribution in [0.2, 0.25) is 0 Å². The van der Waals surface area contributed by atoms with Gasteiger partial charge in [0, 0.05) is 17.3 Å². The summed E-state index contributed by atoms with van der Waals surface area (Å²) >= 11 is 0. The number of hydrogen-bond donors (Lipinski definition) is 2. The number of nitrogens with one attached hydrogen (secondary N) is 1. The number of nitrogens with zero attached hydrogens (tertiary/aromatic N) is 1. The van der Waals surface area contributed by atoms with Gasteiger partial charge in [-0.3, -0.25) is 9.78 Å². The first-order chi connectivity index (χ1) is 17.1. The number of fused-ring (bicyclic) bond motifs is 2. The monoisotopic (exact) mass is 474 g/mol. The molecule has 2 aromatic carbocycles. The third-order valence-corrected chi connectivity index (χ3v) is 6.90. The van der Waals surface area contributed by atoms with E-state index in [0.29, 0.717) is 24.5 Å². The molecule has 4 aromatic rings. The summed E-state index contributed by atoms with van der Waals surface area (Å²) in [4.78, 5) is 17.4. The van der Waals surface area contributed by atoms with Crippen molar-refractivity contribution in [3.8, 4) is 5.75 Å². The maximum atomic E-state index is 13.0. The van der Waals surface area contributed by atoms with Gasteiger partial charge in [-0.1, -0.05) is 30.3 Å². The van der Waals surface area contributed by atoms with Crippen LogP contribution < -0.4 is 10.1 Å². The molecule has 5 rings (SSSR count). The number of ether oxygens (including phenoxy) is 2. The van der Waals surface area contributed by atoms with Gasteiger partial charge in [0.15, 0.2) is 0 Å². The number of aliphatic hydroxyl groups is 1. The molecule has 1 unspecified atom stereocenters. The molecule has 0 spiro atoms. The second-order valence-electron chi connectivity index (χ2n) is 9.10. The first kappa shape index (κ1) is 23.3. The number of piperidine rings is 1. The highest BCUT2D eigenvalue weighted by Gasteiger charge is 2.32. The molecular formula is C28H30N2O5. The van der Waals surface area contributed by atoms with Crippen LogP contribution in [0.15, 0.2) is 65.2 Å². The lowest BCUT2D eigenvalue weighted by atomic mass is 9.82. The van der Waals surface area contributed by atoms with Crippen molar-refractivity contribution in [3.05, 3.63) is 72.1 Å². The SMILES string of the molecule is COc1cnc2cccc(C(O)CC[C@@H]3CCNC[C@@H]3C(=O)OCc3cc4ccccc4o3)c2c1. The van der Waals surface area contributed by atoms with Gasteiger partial charge in [0.2, 0.25) is 0 Å². The maximum absolute atomic E-state index is 13.0. The van der Waals surface area contributed by atoms with Crippen molar-refractivity contribution in [3.63, 3.8) is 0 Å².